The van der Waals surface area contributed by atoms with Crippen LogP contribution in [0.2, 0.25) is 5.28 Å². The Bertz CT molecular complexity index is 499. The minimum atomic E-state index is 0.155. The molecule has 6 heteroatoms. The molecule has 0 aliphatic rings. The van der Waals surface area contributed by atoms with Gasteiger partial charge in [-0.1, -0.05) is 20.3 Å². The SMILES string of the molecule is CCCC(C)COc1nc(Cl)nc2nc[nH]c12. The molecule has 5 nitrogen and oxygen atoms in total. The monoisotopic (exact) mass is 254 g/mol. The van der Waals surface area contributed by atoms with Gasteiger partial charge in [0.2, 0.25) is 11.2 Å². The van der Waals surface area contributed by atoms with Crippen molar-refractivity contribution >= 4 is 22.8 Å². The summed E-state index contributed by atoms with van der Waals surface area (Å²) in [5, 5.41) is 0.155. The molecular weight excluding hydrogens is 240 g/mol. The second-order valence-corrected chi connectivity index (χ2v) is 4.44. The quantitative estimate of drug-likeness (QED) is 0.834. The molecule has 0 saturated heterocycles. The minimum Gasteiger partial charge on any atom is -0.476 e. The molecule has 1 unspecified atom stereocenters. The van der Waals surface area contributed by atoms with E-state index in [0.717, 1.165) is 12.8 Å². The molecule has 2 aromatic rings. The summed E-state index contributed by atoms with van der Waals surface area (Å²) in [4.78, 5) is 15.0. The molecule has 1 atom stereocenters. The predicted octanol–water partition coefficient (Wildman–Crippen LogP) is 2.82. The summed E-state index contributed by atoms with van der Waals surface area (Å²) in [7, 11) is 0. The van der Waals surface area contributed by atoms with Crippen molar-refractivity contribution in [3.05, 3.63) is 11.6 Å². The van der Waals surface area contributed by atoms with E-state index in [1.807, 2.05) is 0 Å². The van der Waals surface area contributed by atoms with Gasteiger partial charge in [-0.05, 0) is 23.9 Å². The van der Waals surface area contributed by atoms with Crippen LogP contribution in [0.3, 0.4) is 0 Å². The van der Waals surface area contributed by atoms with Crippen LogP contribution in [0.1, 0.15) is 26.7 Å². The molecule has 92 valence electrons. The summed E-state index contributed by atoms with van der Waals surface area (Å²) in [5.41, 5.74) is 1.22. The predicted molar refractivity (Wildman–Crippen MR) is 66.3 cm³/mol. The number of hydrogen-bond donors (Lipinski definition) is 1. The van der Waals surface area contributed by atoms with Gasteiger partial charge in [-0.2, -0.15) is 9.97 Å². The van der Waals surface area contributed by atoms with Crippen molar-refractivity contribution in [3.8, 4) is 5.88 Å². The van der Waals surface area contributed by atoms with Gasteiger partial charge in [0.15, 0.2) is 5.65 Å². The lowest BCUT2D eigenvalue weighted by atomic mass is 10.1. The molecule has 0 fully saturated rings. The molecule has 17 heavy (non-hydrogen) atoms. The fourth-order valence-corrected chi connectivity index (χ4v) is 1.84. The van der Waals surface area contributed by atoms with E-state index < -0.39 is 0 Å². The number of nitrogens with zero attached hydrogens (tertiary/aromatic N) is 3. The lowest BCUT2D eigenvalue weighted by Crippen LogP contribution is -2.09. The van der Waals surface area contributed by atoms with E-state index in [1.165, 1.54) is 0 Å². The summed E-state index contributed by atoms with van der Waals surface area (Å²) >= 11 is 5.80. The maximum Gasteiger partial charge on any atom is 0.244 e. The van der Waals surface area contributed by atoms with Crippen LogP contribution in [0.5, 0.6) is 5.88 Å². The van der Waals surface area contributed by atoms with E-state index in [-0.39, 0.29) is 5.28 Å². The topological polar surface area (TPSA) is 63.7 Å². The van der Waals surface area contributed by atoms with Gasteiger partial charge < -0.3 is 9.72 Å². The van der Waals surface area contributed by atoms with Gasteiger partial charge in [0.25, 0.3) is 0 Å². The second-order valence-electron chi connectivity index (χ2n) is 4.10. The highest BCUT2D eigenvalue weighted by atomic mass is 35.5. The number of fused-ring (bicyclic) bond motifs is 1. The third kappa shape index (κ3) is 2.85. The average molecular weight is 255 g/mol. The Labute approximate surface area is 105 Å². The third-order valence-electron chi connectivity index (χ3n) is 2.51. The van der Waals surface area contributed by atoms with Crippen LogP contribution in [-0.4, -0.2) is 26.5 Å². The van der Waals surface area contributed by atoms with Crippen molar-refractivity contribution < 1.29 is 4.74 Å². The minimum absolute atomic E-state index is 0.155. The maximum absolute atomic E-state index is 5.80. The lowest BCUT2D eigenvalue weighted by Gasteiger charge is -2.11. The summed E-state index contributed by atoms with van der Waals surface area (Å²) in [6.45, 7) is 4.93. The normalized spacial score (nSPS) is 12.9. The Kier molecular flexibility index (Phi) is 3.78. The molecule has 1 N–H and O–H groups in total. The van der Waals surface area contributed by atoms with Crippen LogP contribution in [-0.2, 0) is 0 Å². The molecule has 0 aliphatic carbocycles. The number of ether oxygens (including phenoxy) is 1. The van der Waals surface area contributed by atoms with Gasteiger partial charge in [0.1, 0.15) is 5.52 Å². The highest BCUT2D eigenvalue weighted by molar-refractivity contribution is 6.28. The Hall–Kier alpha value is -1.36. The zero-order valence-electron chi connectivity index (χ0n) is 9.90. The molecule has 2 rings (SSSR count). The molecular formula is C11H15ClN4O. The number of aromatic amines is 1. The molecule has 2 aromatic heterocycles. The van der Waals surface area contributed by atoms with Crippen molar-refractivity contribution in [1.82, 2.24) is 19.9 Å². The maximum atomic E-state index is 5.80. The van der Waals surface area contributed by atoms with Crippen LogP contribution in [0.4, 0.5) is 0 Å². The first-order chi connectivity index (χ1) is 8.20. The van der Waals surface area contributed by atoms with Crippen LogP contribution >= 0.6 is 11.6 Å². The average Bonchev–Trinajstić information content (AvgIpc) is 2.74. The fourth-order valence-electron chi connectivity index (χ4n) is 1.68. The number of halogens is 1. The van der Waals surface area contributed by atoms with E-state index in [1.54, 1.807) is 6.33 Å². The van der Waals surface area contributed by atoms with Gasteiger partial charge in [-0.3, -0.25) is 0 Å². The first-order valence-corrected chi connectivity index (χ1v) is 6.08. The molecule has 0 bridgehead atoms. The summed E-state index contributed by atoms with van der Waals surface area (Å²) in [5.74, 6) is 0.965. The van der Waals surface area contributed by atoms with Gasteiger partial charge in [0, 0.05) is 0 Å². The van der Waals surface area contributed by atoms with E-state index in [0.29, 0.717) is 29.6 Å². The van der Waals surface area contributed by atoms with Gasteiger partial charge >= 0.3 is 0 Å². The van der Waals surface area contributed by atoms with Crippen molar-refractivity contribution in [3.63, 3.8) is 0 Å². The van der Waals surface area contributed by atoms with Crippen LogP contribution in [0.15, 0.2) is 6.33 Å². The van der Waals surface area contributed by atoms with Gasteiger partial charge in [-0.15, -0.1) is 0 Å². The molecule has 0 spiro atoms. The van der Waals surface area contributed by atoms with Crippen LogP contribution in [0, 0.1) is 5.92 Å². The Morgan fingerprint density at radius 3 is 3.06 bits per heavy atom. The first-order valence-electron chi connectivity index (χ1n) is 5.70. The molecule has 0 amide bonds. The number of hydrogen-bond acceptors (Lipinski definition) is 4. The number of H-pyrrole nitrogens is 1. The van der Waals surface area contributed by atoms with Crippen molar-refractivity contribution in [2.24, 2.45) is 5.92 Å². The van der Waals surface area contributed by atoms with Crippen molar-refractivity contribution in [2.45, 2.75) is 26.7 Å². The van der Waals surface area contributed by atoms with E-state index in [4.69, 9.17) is 16.3 Å². The highest BCUT2D eigenvalue weighted by Crippen LogP contribution is 2.21. The molecule has 0 aliphatic heterocycles. The Balaban J connectivity index is 2.14. The molecule has 0 radical (unpaired) electrons. The van der Waals surface area contributed by atoms with Crippen LogP contribution < -0.4 is 4.74 Å². The standard InChI is InChI=1S/C11H15ClN4O/c1-3-4-7(2)5-17-10-8-9(14-6-13-8)15-11(12)16-10/h6-7H,3-5H2,1-2H3,(H,13,14,15,16). The number of aromatic nitrogens is 4. The van der Waals surface area contributed by atoms with E-state index in [2.05, 4.69) is 33.8 Å². The number of imidazole rings is 1. The molecule has 0 saturated carbocycles. The van der Waals surface area contributed by atoms with Gasteiger partial charge in [-0.25, -0.2) is 4.98 Å². The van der Waals surface area contributed by atoms with Crippen molar-refractivity contribution in [1.29, 1.82) is 0 Å². The molecule has 0 aromatic carbocycles. The van der Waals surface area contributed by atoms with Crippen LogP contribution in [0.25, 0.3) is 11.2 Å². The zero-order valence-corrected chi connectivity index (χ0v) is 10.7. The highest BCUT2D eigenvalue weighted by Gasteiger charge is 2.11. The van der Waals surface area contributed by atoms with E-state index in [9.17, 15) is 0 Å². The first kappa shape index (κ1) is 12.1. The number of rotatable bonds is 5. The Morgan fingerprint density at radius 1 is 1.47 bits per heavy atom. The molecule has 2 heterocycles. The van der Waals surface area contributed by atoms with Gasteiger partial charge in [0.05, 0.1) is 12.9 Å². The zero-order chi connectivity index (χ0) is 12.3. The largest absolute Gasteiger partial charge is 0.476 e. The second kappa shape index (κ2) is 5.31. The number of nitrogens with one attached hydrogen (secondary N) is 1. The Morgan fingerprint density at radius 2 is 2.29 bits per heavy atom. The smallest absolute Gasteiger partial charge is 0.244 e. The third-order valence-corrected chi connectivity index (χ3v) is 2.68. The van der Waals surface area contributed by atoms with E-state index >= 15 is 0 Å². The lowest BCUT2D eigenvalue weighted by molar-refractivity contribution is 0.245. The summed E-state index contributed by atoms with van der Waals surface area (Å²) < 4.78 is 5.67. The fraction of sp³-hybridized carbons (Fsp3) is 0.545. The summed E-state index contributed by atoms with van der Waals surface area (Å²) in [6, 6.07) is 0. The summed E-state index contributed by atoms with van der Waals surface area (Å²) in [6.07, 6.45) is 3.83. The van der Waals surface area contributed by atoms with Crippen molar-refractivity contribution in [2.75, 3.05) is 6.61 Å².